The molecule has 0 fully saturated rings. The van der Waals surface area contributed by atoms with Gasteiger partial charge in [-0.15, -0.1) is 0 Å². The number of nitrogens with zero attached hydrogens (tertiary/aromatic N) is 4. The fraction of sp³-hybridized carbons (Fsp3) is 0.0333. The van der Waals surface area contributed by atoms with Gasteiger partial charge >= 0.3 is 0 Å². The monoisotopic (exact) mass is 606 g/mol. The third-order valence-electron chi connectivity index (χ3n) is 6.39. The molecular formula is C30H18Cl2F2N4O4. The van der Waals surface area contributed by atoms with Crippen molar-refractivity contribution >= 4 is 51.0 Å². The van der Waals surface area contributed by atoms with Gasteiger partial charge in [-0.2, -0.15) is 19.6 Å². The van der Waals surface area contributed by atoms with E-state index in [2.05, 4.69) is 10.2 Å². The zero-order chi connectivity index (χ0) is 30.0. The molecule has 0 radical (unpaired) electrons. The van der Waals surface area contributed by atoms with Crippen LogP contribution in [0, 0.1) is 11.6 Å². The molecule has 1 N–H and O–H groups in total. The van der Waals surface area contributed by atoms with E-state index in [9.17, 15) is 28.3 Å². The van der Waals surface area contributed by atoms with E-state index in [-0.39, 0.29) is 33.7 Å². The Kier molecular flexibility index (Phi) is 8.21. The first-order valence-electron chi connectivity index (χ1n) is 12.2. The predicted octanol–water partition coefficient (Wildman–Crippen LogP) is 5.66. The van der Waals surface area contributed by atoms with Crippen molar-refractivity contribution in [2.75, 3.05) is 0 Å². The summed E-state index contributed by atoms with van der Waals surface area (Å²) in [7, 11) is 0. The number of halogens is 4. The second kappa shape index (κ2) is 12.0. The predicted molar refractivity (Wildman–Crippen MR) is 156 cm³/mol. The number of hydrogen-bond donors (Lipinski definition) is 1. The van der Waals surface area contributed by atoms with Crippen LogP contribution in [0.2, 0.25) is 10.0 Å². The van der Waals surface area contributed by atoms with Gasteiger partial charge in [0.2, 0.25) is 0 Å². The first-order valence-corrected chi connectivity index (χ1v) is 13.0. The first-order chi connectivity index (χ1) is 20.3. The summed E-state index contributed by atoms with van der Waals surface area (Å²) in [6, 6.07) is 18.1. The van der Waals surface area contributed by atoms with Crippen molar-refractivity contribution in [3.05, 3.63) is 139 Å². The topological polar surface area (TPSA) is 107 Å². The molecule has 8 nitrogen and oxygen atoms in total. The number of carbonyl (C=O) groups excluding carboxylic acids is 1. The van der Waals surface area contributed by atoms with Gasteiger partial charge in [-0.05, 0) is 36.4 Å². The maximum Gasteiger partial charge on any atom is 0.282 e. The van der Waals surface area contributed by atoms with Crippen molar-refractivity contribution in [1.29, 1.82) is 0 Å². The van der Waals surface area contributed by atoms with E-state index in [0.717, 1.165) is 9.36 Å². The molecule has 0 saturated heterocycles. The molecule has 0 aliphatic carbocycles. The molecule has 12 heteroatoms. The highest BCUT2D eigenvalue weighted by molar-refractivity contribution is 6.33. The summed E-state index contributed by atoms with van der Waals surface area (Å²) in [4.78, 5) is 36.1. The first kappa shape index (κ1) is 28.7. The van der Waals surface area contributed by atoms with Crippen LogP contribution in [-0.4, -0.2) is 31.0 Å². The molecule has 0 bridgehead atoms. The van der Waals surface area contributed by atoms with Crippen molar-refractivity contribution in [3.8, 4) is 11.4 Å². The second-order valence-corrected chi connectivity index (χ2v) is 9.63. The Labute approximate surface area is 245 Å². The van der Waals surface area contributed by atoms with Crippen molar-refractivity contribution in [2.45, 2.75) is 6.61 Å². The zero-order valence-electron chi connectivity index (χ0n) is 21.3. The lowest BCUT2D eigenvalue weighted by Gasteiger charge is -2.11. The van der Waals surface area contributed by atoms with Crippen LogP contribution in [0.4, 0.5) is 8.78 Å². The van der Waals surface area contributed by atoms with Crippen LogP contribution in [-0.2, 0) is 6.61 Å². The molecule has 4 aromatic carbocycles. The van der Waals surface area contributed by atoms with Gasteiger partial charge < -0.3 is 5.11 Å². The molecule has 2 heterocycles. The number of aldehydes is 1. The smallest absolute Gasteiger partial charge is 0.282 e. The van der Waals surface area contributed by atoms with Crippen molar-refractivity contribution in [3.63, 3.8) is 0 Å². The van der Waals surface area contributed by atoms with Gasteiger partial charge in [0.15, 0.2) is 6.29 Å². The number of benzene rings is 4. The standard InChI is InChI=1S/C15H10ClFN2O2.C15H8ClFN2O2/c2*16-11-4-2-6-13(10(11)8-20)19-15(21)14-9(7-18-19)3-1-5-12(14)17/h1-7,20H,8H2;1-8H. The summed E-state index contributed by atoms with van der Waals surface area (Å²) < 4.78 is 29.8. The number of aliphatic hydroxyl groups excluding tert-OH is 1. The third-order valence-corrected chi connectivity index (χ3v) is 7.07. The Balaban J connectivity index is 0.000000168. The highest BCUT2D eigenvalue weighted by Gasteiger charge is 2.15. The number of rotatable bonds is 4. The van der Waals surface area contributed by atoms with Gasteiger partial charge in [-0.25, -0.2) is 8.78 Å². The molecule has 0 amide bonds. The van der Waals surface area contributed by atoms with E-state index < -0.39 is 22.8 Å². The Hall–Kier alpha value is -4.77. The number of aromatic nitrogens is 4. The van der Waals surface area contributed by atoms with Crippen molar-refractivity contribution in [2.24, 2.45) is 0 Å². The Bertz CT molecular complexity index is 2120. The van der Waals surface area contributed by atoms with E-state index in [4.69, 9.17) is 23.2 Å². The summed E-state index contributed by atoms with van der Waals surface area (Å²) in [5, 5.41) is 18.6. The lowest BCUT2D eigenvalue weighted by atomic mass is 10.1. The lowest BCUT2D eigenvalue weighted by molar-refractivity contribution is 0.112. The van der Waals surface area contributed by atoms with Crippen LogP contribution in [0.1, 0.15) is 15.9 Å². The van der Waals surface area contributed by atoms with E-state index >= 15 is 0 Å². The molecule has 2 aromatic heterocycles. The molecule has 210 valence electrons. The molecule has 0 atom stereocenters. The minimum atomic E-state index is -0.643. The molecule has 0 aliphatic rings. The highest BCUT2D eigenvalue weighted by atomic mass is 35.5. The molecule has 0 spiro atoms. The van der Waals surface area contributed by atoms with E-state index in [0.29, 0.717) is 33.3 Å². The minimum absolute atomic E-state index is 0.0450. The van der Waals surface area contributed by atoms with Crippen molar-refractivity contribution < 1.29 is 18.7 Å². The molecule has 6 rings (SSSR count). The number of carbonyl (C=O) groups is 1. The number of fused-ring (bicyclic) bond motifs is 2. The summed E-state index contributed by atoms with van der Waals surface area (Å²) in [5.41, 5.74) is -0.194. The van der Waals surface area contributed by atoms with E-state index in [1.54, 1.807) is 36.4 Å². The Morgan fingerprint density at radius 2 is 1.19 bits per heavy atom. The van der Waals surface area contributed by atoms with Crippen LogP contribution in [0.15, 0.2) is 94.8 Å². The highest BCUT2D eigenvalue weighted by Crippen LogP contribution is 2.23. The summed E-state index contributed by atoms with van der Waals surface area (Å²) in [6.45, 7) is -0.349. The van der Waals surface area contributed by atoms with Gasteiger partial charge in [0.25, 0.3) is 11.1 Å². The fourth-order valence-electron chi connectivity index (χ4n) is 4.38. The maximum absolute atomic E-state index is 13.9. The maximum atomic E-state index is 13.9. The van der Waals surface area contributed by atoms with Gasteiger partial charge in [0.1, 0.15) is 11.6 Å². The zero-order valence-corrected chi connectivity index (χ0v) is 22.9. The Morgan fingerprint density at radius 1 is 0.714 bits per heavy atom. The van der Waals surface area contributed by atoms with Gasteiger partial charge in [-0.3, -0.25) is 14.4 Å². The summed E-state index contributed by atoms with van der Waals surface area (Å²) in [5.74, 6) is -1.25. The van der Waals surface area contributed by atoms with E-state index in [1.807, 2.05) is 0 Å². The molecule has 0 unspecified atom stereocenters. The minimum Gasteiger partial charge on any atom is -0.392 e. The molecule has 42 heavy (non-hydrogen) atoms. The quantitative estimate of drug-likeness (QED) is 0.259. The third kappa shape index (κ3) is 5.18. The average molecular weight is 607 g/mol. The lowest BCUT2D eigenvalue weighted by Crippen LogP contribution is -2.23. The van der Waals surface area contributed by atoms with Crippen LogP contribution >= 0.6 is 23.2 Å². The largest absolute Gasteiger partial charge is 0.392 e. The normalized spacial score (nSPS) is 10.9. The summed E-state index contributed by atoms with van der Waals surface area (Å²) >= 11 is 11.9. The molecular weight excluding hydrogens is 589 g/mol. The summed E-state index contributed by atoms with van der Waals surface area (Å²) in [6.07, 6.45) is 3.31. The molecule has 6 aromatic rings. The average Bonchev–Trinajstić information content (AvgIpc) is 2.98. The second-order valence-electron chi connectivity index (χ2n) is 8.82. The molecule has 0 aliphatic heterocycles. The van der Waals surface area contributed by atoms with Gasteiger partial charge in [0, 0.05) is 21.4 Å². The van der Waals surface area contributed by atoms with Crippen LogP contribution in [0.3, 0.4) is 0 Å². The van der Waals surface area contributed by atoms with Gasteiger partial charge in [0.05, 0.1) is 51.7 Å². The van der Waals surface area contributed by atoms with Crippen LogP contribution < -0.4 is 11.1 Å². The number of aliphatic hydroxyl groups is 1. The van der Waals surface area contributed by atoms with E-state index in [1.165, 1.54) is 48.8 Å². The molecule has 0 saturated carbocycles. The van der Waals surface area contributed by atoms with Gasteiger partial charge in [-0.1, -0.05) is 59.6 Å². The van der Waals surface area contributed by atoms with Crippen LogP contribution in [0.25, 0.3) is 32.9 Å². The van der Waals surface area contributed by atoms with Crippen LogP contribution in [0.5, 0.6) is 0 Å². The SMILES string of the molecule is O=Cc1c(Cl)cccc1-n1ncc2cccc(F)c2c1=O.O=c1c2c(F)cccc2cnn1-c1cccc(Cl)c1CO. The fourth-order valence-corrected chi connectivity index (χ4v) is 4.82. The van der Waals surface area contributed by atoms with Crippen molar-refractivity contribution in [1.82, 2.24) is 19.6 Å². The number of hydrogen-bond acceptors (Lipinski definition) is 6. The Morgan fingerprint density at radius 3 is 1.71 bits per heavy atom.